The monoisotopic (exact) mass is 187 g/mol. The largest absolute Gasteiger partial charge is 0.327 e. The molecule has 0 unspecified atom stereocenters. The molecule has 3 heteroatoms. The smallest absolute Gasteiger partial charge is 0.123 e. The van der Waals surface area contributed by atoms with Gasteiger partial charge in [0, 0.05) is 6.54 Å². The van der Waals surface area contributed by atoms with Crippen LogP contribution in [0.5, 0.6) is 0 Å². The van der Waals surface area contributed by atoms with Gasteiger partial charge in [-0.05, 0) is 25.1 Å². The Labute approximate surface area is 82.8 Å². The first-order chi connectivity index (χ1) is 6.95. The highest BCUT2D eigenvalue weighted by Crippen LogP contribution is 2.17. The van der Waals surface area contributed by atoms with Crippen LogP contribution in [-0.2, 0) is 13.1 Å². The number of para-hydroxylation sites is 2. The number of aromatic nitrogens is 2. The van der Waals surface area contributed by atoms with Gasteiger partial charge in [0.15, 0.2) is 0 Å². The molecule has 0 spiro atoms. The third-order valence-electron chi connectivity index (χ3n) is 2.75. The van der Waals surface area contributed by atoms with E-state index in [1.54, 1.807) is 0 Å². The van der Waals surface area contributed by atoms with Crippen molar-refractivity contribution in [2.75, 3.05) is 6.54 Å². The normalized spacial score (nSPS) is 16.6. The first-order valence-electron chi connectivity index (χ1n) is 5.10. The minimum absolute atomic E-state index is 0.898. The Hall–Kier alpha value is -1.35. The molecule has 1 aromatic heterocycles. The number of nitrogens with zero attached hydrogens (tertiary/aromatic N) is 2. The van der Waals surface area contributed by atoms with E-state index in [0.717, 1.165) is 25.2 Å². The van der Waals surface area contributed by atoms with Crippen LogP contribution in [0.3, 0.4) is 0 Å². The van der Waals surface area contributed by atoms with Crippen LogP contribution in [0.15, 0.2) is 24.3 Å². The van der Waals surface area contributed by atoms with E-state index in [2.05, 4.69) is 33.1 Å². The van der Waals surface area contributed by atoms with Crippen LogP contribution in [0.2, 0.25) is 0 Å². The number of imidazole rings is 1. The van der Waals surface area contributed by atoms with E-state index in [-0.39, 0.29) is 0 Å². The number of benzene rings is 1. The SMILES string of the molecule is c1ccc2c(c1)nc1n2CCCNC1. The molecular formula is C11H13N3. The summed E-state index contributed by atoms with van der Waals surface area (Å²) in [4.78, 5) is 4.61. The number of hydrogen-bond donors (Lipinski definition) is 1. The van der Waals surface area contributed by atoms with Crippen molar-refractivity contribution in [3.8, 4) is 0 Å². The van der Waals surface area contributed by atoms with E-state index >= 15 is 0 Å². The first-order valence-corrected chi connectivity index (χ1v) is 5.10. The average molecular weight is 187 g/mol. The van der Waals surface area contributed by atoms with Crippen LogP contribution in [0.1, 0.15) is 12.2 Å². The van der Waals surface area contributed by atoms with Gasteiger partial charge in [0.25, 0.3) is 0 Å². The number of nitrogens with one attached hydrogen (secondary N) is 1. The molecule has 14 heavy (non-hydrogen) atoms. The quantitative estimate of drug-likeness (QED) is 0.678. The molecule has 1 aliphatic rings. The summed E-state index contributed by atoms with van der Waals surface area (Å²) in [5.74, 6) is 1.17. The molecule has 0 fully saturated rings. The predicted molar refractivity (Wildman–Crippen MR) is 56.1 cm³/mol. The third kappa shape index (κ3) is 1.13. The summed E-state index contributed by atoms with van der Waals surface area (Å²) in [6, 6.07) is 8.35. The highest BCUT2D eigenvalue weighted by atomic mass is 15.1. The maximum atomic E-state index is 4.61. The fourth-order valence-electron chi connectivity index (χ4n) is 2.07. The van der Waals surface area contributed by atoms with Crippen molar-refractivity contribution in [3.63, 3.8) is 0 Å². The minimum Gasteiger partial charge on any atom is -0.327 e. The van der Waals surface area contributed by atoms with Crippen molar-refractivity contribution >= 4 is 11.0 Å². The summed E-state index contributed by atoms with van der Waals surface area (Å²) in [5, 5.41) is 3.38. The van der Waals surface area contributed by atoms with E-state index in [1.807, 2.05) is 6.07 Å². The van der Waals surface area contributed by atoms with Crippen molar-refractivity contribution in [2.45, 2.75) is 19.5 Å². The van der Waals surface area contributed by atoms with E-state index in [1.165, 1.54) is 17.8 Å². The van der Waals surface area contributed by atoms with Crippen LogP contribution in [0.4, 0.5) is 0 Å². The molecule has 1 N–H and O–H groups in total. The van der Waals surface area contributed by atoms with E-state index in [9.17, 15) is 0 Å². The van der Waals surface area contributed by atoms with Gasteiger partial charge < -0.3 is 9.88 Å². The van der Waals surface area contributed by atoms with Crippen molar-refractivity contribution < 1.29 is 0 Å². The van der Waals surface area contributed by atoms with Crippen molar-refractivity contribution in [1.29, 1.82) is 0 Å². The Morgan fingerprint density at radius 3 is 3.21 bits per heavy atom. The maximum Gasteiger partial charge on any atom is 0.123 e. The molecule has 2 aromatic rings. The summed E-state index contributed by atoms with van der Waals surface area (Å²) in [6.45, 7) is 3.08. The second kappa shape index (κ2) is 3.10. The highest BCUT2D eigenvalue weighted by molar-refractivity contribution is 5.75. The molecule has 3 rings (SSSR count). The first kappa shape index (κ1) is 8.00. The molecule has 72 valence electrons. The zero-order chi connectivity index (χ0) is 9.38. The van der Waals surface area contributed by atoms with Crippen LogP contribution in [-0.4, -0.2) is 16.1 Å². The number of rotatable bonds is 0. The van der Waals surface area contributed by atoms with Gasteiger partial charge in [0.1, 0.15) is 5.82 Å². The minimum atomic E-state index is 0.898. The standard InChI is InChI=1S/C11H13N3/c1-2-5-10-9(4-1)13-11-8-12-6-3-7-14(10)11/h1-2,4-5,12H,3,6-8H2. The number of aryl methyl sites for hydroxylation is 1. The molecule has 3 nitrogen and oxygen atoms in total. The molecule has 0 radical (unpaired) electrons. The van der Waals surface area contributed by atoms with Crippen LogP contribution >= 0.6 is 0 Å². The Kier molecular flexibility index (Phi) is 1.77. The van der Waals surface area contributed by atoms with Gasteiger partial charge in [-0.1, -0.05) is 12.1 Å². The summed E-state index contributed by atoms with van der Waals surface area (Å²) in [7, 11) is 0. The van der Waals surface area contributed by atoms with Gasteiger partial charge in [0.2, 0.25) is 0 Å². The summed E-state index contributed by atoms with van der Waals surface area (Å²) >= 11 is 0. The number of fused-ring (bicyclic) bond motifs is 3. The molecule has 0 aliphatic carbocycles. The fraction of sp³-hybridized carbons (Fsp3) is 0.364. The van der Waals surface area contributed by atoms with E-state index in [0.29, 0.717) is 0 Å². The van der Waals surface area contributed by atoms with Gasteiger partial charge in [-0.15, -0.1) is 0 Å². The highest BCUT2D eigenvalue weighted by Gasteiger charge is 2.11. The summed E-state index contributed by atoms with van der Waals surface area (Å²) in [6.07, 6.45) is 1.19. The fourth-order valence-corrected chi connectivity index (χ4v) is 2.07. The molecule has 0 saturated carbocycles. The predicted octanol–water partition coefficient (Wildman–Crippen LogP) is 1.53. The molecule has 0 atom stereocenters. The van der Waals surface area contributed by atoms with Crippen LogP contribution in [0.25, 0.3) is 11.0 Å². The summed E-state index contributed by atoms with van der Waals surface area (Å²) < 4.78 is 2.33. The van der Waals surface area contributed by atoms with Gasteiger partial charge in [0.05, 0.1) is 17.6 Å². The summed E-state index contributed by atoms with van der Waals surface area (Å²) in [5.41, 5.74) is 2.39. The van der Waals surface area contributed by atoms with E-state index < -0.39 is 0 Å². The molecule has 1 aromatic carbocycles. The Morgan fingerprint density at radius 1 is 1.29 bits per heavy atom. The van der Waals surface area contributed by atoms with Crippen molar-refractivity contribution in [1.82, 2.24) is 14.9 Å². The topological polar surface area (TPSA) is 29.9 Å². The van der Waals surface area contributed by atoms with Crippen molar-refractivity contribution in [3.05, 3.63) is 30.1 Å². The van der Waals surface area contributed by atoms with Crippen molar-refractivity contribution in [2.24, 2.45) is 0 Å². The number of hydrogen-bond acceptors (Lipinski definition) is 2. The lowest BCUT2D eigenvalue weighted by Gasteiger charge is -2.02. The molecule has 2 heterocycles. The molecule has 1 aliphatic heterocycles. The zero-order valence-electron chi connectivity index (χ0n) is 8.03. The maximum absolute atomic E-state index is 4.61. The third-order valence-corrected chi connectivity index (χ3v) is 2.75. The Balaban J connectivity index is 2.24. The van der Waals surface area contributed by atoms with Crippen LogP contribution < -0.4 is 5.32 Å². The molecule has 0 saturated heterocycles. The zero-order valence-corrected chi connectivity index (χ0v) is 8.03. The lowest BCUT2D eigenvalue weighted by Crippen LogP contribution is -2.12. The average Bonchev–Trinajstić information content (AvgIpc) is 2.42. The van der Waals surface area contributed by atoms with Gasteiger partial charge in [-0.2, -0.15) is 0 Å². The lowest BCUT2D eigenvalue weighted by atomic mass is 10.3. The van der Waals surface area contributed by atoms with Gasteiger partial charge in [-0.3, -0.25) is 0 Å². The van der Waals surface area contributed by atoms with Crippen LogP contribution in [0, 0.1) is 0 Å². The van der Waals surface area contributed by atoms with E-state index in [4.69, 9.17) is 0 Å². The molecular weight excluding hydrogens is 174 g/mol. The Bertz CT molecular complexity index is 459. The van der Waals surface area contributed by atoms with Gasteiger partial charge in [-0.25, -0.2) is 4.98 Å². The molecule has 0 bridgehead atoms. The molecule has 0 amide bonds. The second-order valence-electron chi connectivity index (χ2n) is 3.70. The lowest BCUT2D eigenvalue weighted by molar-refractivity contribution is 0.654. The Morgan fingerprint density at radius 2 is 2.21 bits per heavy atom. The second-order valence-corrected chi connectivity index (χ2v) is 3.70. The van der Waals surface area contributed by atoms with Gasteiger partial charge >= 0.3 is 0 Å².